The Labute approximate surface area is 81.6 Å². The highest BCUT2D eigenvalue weighted by atomic mass is 16.6. The molecule has 2 N–H and O–H groups in total. The average molecular weight is 193 g/mol. The molecule has 0 fully saturated rings. The number of anilines is 1. The molecule has 2 rings (SSSR count). The van der Waals surface area contributed by atoms with Crippen LogP contribution in [0, 0.1) is 0 Å². The van der Waals surface area contributed by atoms with Crippen LogP contribution in [0.2, 0.25) is 0 Å². The summed E-state index contributed by atoms with van der Waals surface area (Å²) in [5.74, 6) is 0.370. The fourth-order valence-corrected chi connectivity index (χ4v) is 1.53. The number of fused-ring (bicyclic) bond motifs is 1. The Hall–Kier alpha value is -1.71. The molecule has 14 heavy (non-hydrogen) atoms. The van der Waals surface area contributed by atoms with Gasteiger partial charge in [-0.1, -0.05) is 0 Å². The first-order valence-electron chi connectivity index (χ1n) is 4.33. The van der Waals surface area contributed by atoms with Crippen LogP contribution in [0.5, 0.6) is 5.75 Å². The van der Waals surface area contributed by atoms with Crippen molar-refractivity contribution in [2.24, 2.45) is 0 Å². The van der Waals surface area contributed by atoms with Gasteiger partial charge in [0, 0.05) is 17.7 Å². The maximum absolute atomic E-state index is 11.2. The van der Waals surface area contributed by atoms with Crippen LogP contribution in [0.4, 0.5) is 5.69 Å². The van der Waals surface area contributed by atoms with E-state index in [9.17, 15) is 4.79 Å². The van der Waals surface area contributed by atoms with Crippen LogP contribution in [-0.4, -0.2) is 19.2 Å². The van der Waals surface area contributed by atoms with E-state index in [2.05, 4.69) is 4.74 Å². The van der Waals surface area contributed by atoms with Gasteiger partial charge in [-0.15, -0.1) is 0 Å². The average Bonchev–Trinajstić information content (AvgIpc) is 2.59. The number of methoxy groups -OCH3 is 1. The van der Waals surface area contributed by atoms with E-state index in [4.69, 9.17) is 10.5 Å². The number of carbonyl (C=O) groups is 1. The Morgan fingerprint density at radius 1 is 1.64 bits per heavy atom. The molecule has 0 aliphatic carbocycles. The zero-order chi connectivity index (χ0) is 10.1. The van der Waals surface area contributed by atoms with Crippen LogP contribution in [0.3, 0.4) is 0 Å². The molecule has 1 atom stereocenters. The third-order valence-electron chi connectivity index (χ3n) is 2.22. The lowest BCUT2D eigenvalue weighted by Gasteiger charge is -2.06. The number of benzene rings is 1. The maximum atomic E-state index is 11.2. The number of ether oxygens (including phenoxy) is 2. The number of nitrogen functional groups attached to an aromatic ring is 1. The minimum absolute atomic E-state index is 0.347. The molecule has 1 aliphatic rings. The van der Waals surface area contributed by atoms with Gasteiger partial charge in [-0.2, -0.15) is 0 Å². The van der Waals surface area contributed by atoms with E-state index >= 15 is 0 Å². The summed E-state index contributed by atoms with van der Waals surface area (Å²) in [6, 6.07) is 5.34. The molecule has 4 nitrogen and oxygen atoms in total. The molecule has 0 radical (unpaired) electrons. The van der Waals surface area contributed by atoms with E-state index in [1.807, 2.05) is 6.07 Å². The SMILES string of the molecule is COC(=O)[C@H]1Cc2cc(N)ccc2O1. The van der Waals surface area contributed by atoms with Crippen molar-refractivity contribution in [3.8, 4) is 5.75 Å². The molecule has 1 aromatic rings. The highest BCUT2D eigenvalue weighted by Gasteiger charge is 2.29. The van der Waals surface area contributed by atoms with Gasteiger partial charge in [0.25, 0.3) is 0 Å². The molecule has 0 saturated carbocycles. The standard InChI is InChI=1S/C10H11NO3/c1-13-10(12)9-5-6-4-7(11)2-3-8(6)14-9/h2-4,9H,5,11H2,1H3/t9-/m1/s1. The number of rotatable bonds is 1. The van der Waals surface area contributed by atoms with Crippen molar-refractivity contribution in [1.82, 2.24) is 0 Å². The topological polar surface area (TPSA) is 61.5 Å². The summed E-state index contributed by atoms with van der Waals surface area (Å²) >= 11 is 0. The van der Waals surface area contributed by atoms with Gasteiger partial charge < -0.3 is 15.2 Å². The number of hydrogen-bond donors (Lipinski definition) is 1. The van der Waals surface area contributed by atoms with Crippen molar-refractivity contribution in [1.29, 1.82) is 0 Å². The molecule has 74 valence electrons. The van der Waals surface area contributed by atoms with Gasteiger partial charge in [-0.05, 0) is 18.2 Å². The molecule has 4 heteroatoms. The first-order valence-corrected chi connectivity index (χ1v) is 4.33. The van der Waals surface area contributed by atoms with Gasteiger partial charge >= 0.3 is 5.97 Å². The summed E-state index contributed by atoms with van der Waals surface area (Å²) in [6.07, 6.45) is 0.0179. The first kappa shape index (κ1) is 8.87. The quantitative estimate of drug-likeness (QED) is 0.528. The summed E-state index contributed by atoms with van der Waals surface area (Å²) in [7, 11) is 1.35. The predicted octanol–water partition coefficient (Wildman–Crippen LogP) is 0.745. The van der Waals surface area contributed by atoms with Gasteiger partial charge in [0.15, 0.2) is 6.10 Å². The predicted molar refractivity (Wildman–Crippen MR) is 51.0 cm³/mol. The van der Waals surface area contributed by atoms with Crippen molar-refractivity contribution in [2.75, 3.05) is 12.8 Å². The van der Waals surface area contributed by atoms with Crippen LogP contribution in [0.25, 0.3) is 0 Å². The van der Waals surface area contributed by atoms with E-state index in [0.29, 0.717) is 12.1 Å². The van der Waals surface area contributed by atoms with E-state index in [1.165, 1.54) is 7.11 Å². The fourth-order valence-electron chi connectivity index (χ4n) is 1.53. The summed E-state index contributed by atoms with van der Waals surface area (Å²) in [4.78, 5) is 11.2. The molecule has 0 bridgehead atoms. The molecule has 0 saturated heterocycles. The van der Waals surface area contributed by atoms with Crippen molar-refractivity contribution >= 4 is 11.7 Å². The van der Waals surface area contributed by atoms with E-state index < -0.39 is 6.10 Å². The highest BCUT2D eigenvalue weighted by Crippen LogP contribution is 2.30. The lowest BCUT2D eigenvalue weighted by Crippen LogP contribution is -2.26. The van der Waals surface area contributed by atoms with Gasteiger partial charge in [0.2, 0.25) is 0 Å². The molecule has 1 aromatic carbocycles. The Balaban J connectivity index is 2.22. The van der Waals surface area contributed by atoms with Crippen molar-refractivity contribution in [2.45, 2.75) is 12.5 Å². The molecule has 0 amide bonds. The second kappa shape index (κ2) is 3.21. The number of carbonyl (C=O) groups excluding carboxylic acids is 1. The van der Waals surface area contributed by atoms with Crippen molar-refractivity contribution < 1.29 is 14.3 Å². The number of hydrogen-bond acceptors (Lipinski definition) is 4. The van der Waals surface area contributed by atoms with Gasteiger partial charge in [0.1, 0.15) is 5.75 Å². The lowest BCUT2D eigenvalue weighted by atomic mass is 10.1. The Bertz CT molecular complexity index is 376. The maximum Gasteiger partial charge on any atom is 0.347 e. The first-order chi connectivity index (χ1) is 6.70. The monoisotopic (exact) mass is 193 g/mol. The van der Waals surface area contributed by atoms with Crippen LogP contribution < -0.4 is 10.5 Å². The molecule has 1 aliphatic heterocycles. The largest absolute Gasteiger partial charge is 0.478 e. The highest BCUT2D eigenvalue weighted by molar-refractivity contribution is 5.77. The summed E-state index contributed by atoms with van der Waals surface area (Å²) in [6.45, 7) is 0. The van der Waals surface area contributed by atoms with Gasteiger partial charge in [-0.25, -0.2) is 4.79 Å². The van der Waals surface area contributed by atoms with Crippen LogP contribution in [0.1, 0.15) is 5.56 Å². The zero-order valence-corrected chi connectivity index (χ0v) is 7.82. The second-order valence-electron chi connectivity index (χ2n) is 3.20. The minimum Gasteiger partial charge on any atom is -0.478 e. The third kappa shape index (κ3) is 1.39. The van der Waals surface area contributed by atoms with Crippen LogP contribution in [-0.2, 0) is 16.0 Å². The van der Waals surface area contributed by atoms with Crippen LogP contribution >= 0.6 is 0 Å². The lowest BCUT2D eigenvalue weighted by molar-refractivity contribution is -0.147. The van der Waals surface area contributed by atoms with E-state index in [0.717, 1.165) is 11.3 Å². The molecule has 1 heterocycles. The van der Waals surface area contributed by atoms with Crippen molar-refractivity contribution in [3.05, 3.63) is 23.8 Å². The van der Waals surface area contributed by atoms with E-state index in [1.54, 1.807) is 12.1 Å². The Morgan fingerprint density at radius 2 is 2.43 bits per heavy atom. The minimum atomic E-state index is -0.517. The van der Waals surface area contributed by atoms with E-state index in [-0.39, 0.29) is 5.97 Å². The smallest absolute Gasteiger partial charge is 0.347 e. The fraction of sp³-hybridized carbons (Fsp3) is 0.300. The molecular weight excluding hydrogens is 182 g/mol. The molecule has 0 spiro atoms. The summed E-state index contributed by atoms with van der Waals surface area (Å²) in [5, 5.41) is 0. The Kier molecular flexibility index (Phi) is 2.04. The second-order valence-corrected chi connectivity index (χ2v) is 3.20. The molecule has 0 aromatic heterocycles. The summed E-state index contributed by atoms with van der Waals surface area (Å²) in [5.41, 5.74) is 7.25. The van der Waals surface area contributed by atoms with Gasteiger partial charge in [0.05, 0.1) is 7.11 Å². The Morgan fingerprint density at radius 3 is 3.14 bits per heavy atom. The normalized spacial score (nSPS) is 18.5. The molecular formula is C10H11NO3. The van der Waals surface area contributed by atoms with Crippen LogP contribution in [0.15, 0.2) is 18.2 Å². The third-order valence-corrected chi connectivity index (χ3v) is 2.22. The summed E-state index contributed by atoms with van der Waals surface area (Å²) < 4.78 is 9.98. The molecule has 0 unspecified atom stereocenters. The van der Waals surface area contributed by atoms with Gasteiger partial charge in [-0.3, -0.25) is 0 Å². The zero-order valence-electron chi connectivity index (χ0n) is 7.82. The number of nitrogens with two attached hydrogens (primary N) is 1. The number of esters is 1. The van der Waals surface area contributed by atoms with Crippen molar-refractivity contribution in [3.63, 3.8) is 0 Å².